The molecule has 1 unspecified atom stereocenters. The third kappa shape index (κ3) is 4.01. The van der Waals surface area contributed by atoms with Crippen molar-refractivity contribution in [2.75, 3.05) is 6.26 Å². The number of nitrogens with two attached hydrogens (primary N) is 1. The van der Waals surface area contributed by atoms with Crippen LogP contribution in [-0.4, -0.2) is 37.1 Å². The second kappa shape index (κ2) is 8.65. The number of benzene rings is 1. The molecule has 0 saturated heterocycles. The summed E-state index contributed by atoms with van der Waals surface area (Å²) in [6, 6.07) is 7.32. The molecule has 10 heteroatoms. The highest BCUT2D eigenvalue weighted by Crippen LogP contribution is 2.49. The molecule has 0 aliphatic heterocycles. The van der Waals surface area contributed by atoms with E-state index in [9.17, 15) is 10.1 Å². The van der Waals surface area contributed by atoms with Crippen molar-refractivity contribution in [3.8, 4) is 6.07 Å². The lowest BCUT2D eigenvalue weighted by Gasteiger charge is -2.37. The molecule has 1 amide bonds. The van der Waals surface area contributed by atoms with Crippen LogP contribution in [0.1, 0.15) is 70.5 Å². The van der Waals surface area contributed by atoms with Gasteiger partial charge in [0, 0.05) is 28.9 Å². The van der Waals surface area contributed by atoms with Crippen molar-refractivity contribution in [2.24, 2.45) is 5.73 Å². The van der Waals surface area contributed by atoms with Crippen molar-refractivity contribution in [1.82, 2.24) is 25.0 Å². The average molecular weight is 454 g/mol. The number of aromatic nitrogens is 5. The molecule has 8 nitrogen and oxygen atoms in total. The lowest BCUT2D eigenvalue weighted by molar-refractivity contribution is 0.0993. The zero-order chi connectivity index (χ0) is 22.1. The molecule has 1 aliphatic rings. The summed E-state index contributed by atoms with van der Waals surface area (Å²) in [5, 5.41) is 19.0. The summed E-state index contributed by atoms with van der Waals surface area (Å²) in [6.45, 7) is 1.96. The van der Waals surface area contributed by atoms with Gasteiger partial charge >= 0.3 is 0 Å². The van der Waals surface area contributed by atoms with Gasteiger partial charge in [0.05, 0.1) is 23.4 Å². The summed E-state index contributed by atoms with van der Waals surface area (Å²) < 4.78 is 1.74. The van der Waals surface area contributed by atoms with E-state index < -0.39 is 5.91 Å². The third-order valence-corrected chi connectivity index (χ3v) is 6.55. The highest BCUT2D eigenvalue weighted by molar-refractivity contribution is 7.98. The molecule has 4 rings (SSSR count). The van der Waals surface area contributed by atoms with Crippen molar-refractivity contribution in [3.05, 3.63) is 63.7 Å². The molecule has 2 N–H and O–H groups in total. The first-order valence-electron chi connectivity index (χ1n) is 9.73. The largest absolute Gasteiger partial charge is 0.364 e. The number of thioether (sulfide) groups is 1. The molecule has 2 heterocycles. The predicted molar refractivity (Wildman–Crippen MR) is 117 cm³/mol. The molecule has 0 radical (unpaired) electrons. The molecular weight excluding hydrogens is 434 g/mol. The molecule has 2 aromatic heterocycles. The Kier molecular flexibility index (Phi) is 5.94. The van der Waals surface area contributed by atoms with Gasteiger partial charge in [0.15, 0.2) is 10.9 Å². The second-order valence-corrected chi connectivity index (χ2v) is 8.73. The molecular formula is C21H20ClN7OS. The number of amides is 1. The maximum absolute atomic E-state index is 12.0. The molecule has 0 bridgehead atoms. The van der Waals surface area contributed by atoms with Gasteiger partial charge in [-0.3, -0.25) is 4.79 Å². The van der Waals surface area contributed by atoms with E-state index >= 15 is 0 Å². The summed E-state index contributed by atoms with van der Waals surface area (Å²) >= 11 is 7.62. The standard InChI is InChI=1S/C21H20ClN7OS/c1-11(15-9-25-21(31-2)26-10-15)29-19(18(20(24)30)27-28-29)14-5-13(6-14)17-7-16(22)4-3-12(17)8-23/h3-4,7,9-11,13-14H,5-6H2,1-2H3,(H2,24,30)/t11?,13-,14+. The summed E-state index contributed by atoms with van der Waals surface area (Å²) in [7, 11) is 0. The van der Waals surface area contributed by atoms with E-state index in [2.05, 4.69) is 26.3 Å². The molecule has 1 atom stereocenters. The Morgan fingerprint density at radius 2 is 2.03 bits per heavy atom. The van der Waals surface area contributed by atoms with Gasteiger partial charge in [-0.2, -0.15) is 5.26 Å². The zero-order valence-corrected chi connectivity index (χ0v) is 18.6. The van der Waals surface area contributed by atoms with E-state index in [-0.39, 0.29) is 23.6 Å². The summed E-state index contributed by atoms with van der Waals surface area (Å²) in [6.07, 6.45) is 6.92. The fraction of sp³-hybridized carbons (Fsp3) is 0.333. The molecule has 1 aromatic carbocycles. The Hall–Kier alpha value is -2.96. The molecule has 3 aromatic rings. The number of primary amides is 1. The fourth-order valence-electron chi connectivity index (χ4n) is 4.00. The van der Waals surface area contributed by atoms with Crippen LogP contribution in [0.4, 0.5) is 0 Å². The number of nitrogens with zero attached hydrogens (tertiary/aromatic N) is 6. The van der Waals surface area contributed by atoms with Crippen LogP contribution < -0.4 is 5.73 Å². The zero-order valence-electron chi connectivity index (χ0n) is 17.0. The average Bonchev–Trinajstić information content (AvgIpc) is 3.17. The monoisotopic (exact) mass is 453 g/mol. The number of hydrogen-bond donors (Lipinski definition) is 1. The number of carbonyl (C=O) groups is 1. The maximum Gasteiger partial charge on any atom is 0.271 e. The lowest BCUT2D eigenvalue weighted by atomic mass is 9.68. The van der Waals surface area contributed by atoms with Crippen molar-refractivity contribution >= 4 is 29.3 Å². The van der Waals surface area contributed by atoms with Gasteiger partial charge in [0.2, 0.25) is 0 Å². The fourth-order valence-corrected chi connectivity index (χ4v) is 4.50. The van der Waals surface area contributed by atoms with Gasteiger partial charge in [0.25, 0.3) is 5.91 Å². The van der Waals surface area contributed by atoms with Crippen molar-refractivity contribution in [1.29, 1.82) is 5.26 Å². The van der Waals surface area contributed by atoms with Crippen molar-refractivity contribution < 1.29 is 4.79 Å². The molecule has 158 valence electrons. The van der Waals surface area contributed by atoms with E-state index in [0.717, 1.165) is 24.0 Å². The van der Waals surface area contributed by atoms with Gasteiger partial charge in [-0.15, -0.1) is 5.10 Å². The number of halogens is 1. The topological polar surface area (TPSA) is 123 Å². The maximum atomic E-state index is 12.0. The Bertz CT molecular complexity index is 1170. The molecule has 1 fully saturated rings. The lowest BCUT2D eigenvalue weighted by Crippen LogP contribution is -2.27. The minimum absolute atomic E-state index is 0.0434. The van der Waals surface area contributed by atoms with Gasteiger partial charge in [-0.25, -0.2) is 14.6 Å². The Labute approximate surface area is 188 Å². The number of rotatable bonds is 6. The van der Waals surface area contributed by atoms with E-state index in [1.54, 1.807) is 29.2 Å². The first kappa shape index (κ1) is 21.3. The minimum atomic E-state index is -0.605. The summed E-state index contributed by atoms with van der Waals surface area (Å²) in [5.74, 6) is -0.393. The minimum Gasteiger partial charge on any atom is -0.364 e. The number of hydrogen-bond acceptors (Lipinski definition) is 7. The normalized spacial score (nSPS) is 18.8. The van der Waals surface area contributed by atoms with E-state index in [1.807, 2.05) is 19.2 Å². The second-order valence-electron chi connectivity index (χ2n) is 7.52. The van der Waals surface area contributed by atoms with E-state index in [4.69, 9.17) is 17.3 Å². The van der Waals surface area contributed by atoms with Gasteiger partial charge in [0.1, 0.15) is 0 Å². The summed E-state index contributed by atoms with van der Waals surface area (Å²) in [4.78, 5) is 20.7. The van der Waals surface area contributed by atoms with Crippen LogP contribution in [0.2, 0.25) is 5.02 Å². The van der Waals surface area contributed by atoms with Crippen molar-refractivity contribution in [3.63, 3.8) is 0 Å². The Balaban J connectivity index is 1.63. The van der Waals surface area contributed by atoms with Crippen LogP contribution in [0.5, 0.6) is 0 Å². The Morgan fingerprint density at radius 1 is 1.32 bits per heavy atom. The molecule has 1 aliphatic carbocycles. The number of nitriles is 1. The highest BCUT2D eigenvalue weighted by Gasteiger charge is 2.38. The van der Waals surface area contributed by atoms with E-state index in [0.29, 0.717) is 21.4 Å². The first-order chi connectivity index (χ1) is 14.9. The number of carbonyl (C=O) groups excluding carboxylic acids is 1. The van der Waals surface area contributed by atoms with Crippen LogP contribution in [-0.2, 0) is 0 Å². The van der Waals surface area contributed by atoms with Gasteiger partial charge < -0.3 is 5.73 Å². The summed E-state index contributed by atoms with van der Waals surface area (Å²) in [5.41, 5.74) is 8.90. The molecule has 1 saturated carbocycles. The SMILES string of the molecule is CSc1ncc(C(C)n2nnc(C(N)=O)c2[C@H]2C[C@@H](c3cc(Cl)ccc3C#N)C2)cn1. The van der Waals surface area contributed by atoms with Crippen LogP contribution in [0.3, 0.4) is 0 Å². The van der Waals surface area contributed by atoms with Crippen LogP contribution >= 0.6 is 23.4 Å². The van der Waals surface area contributed by atoms with Crippen LogP contribution in [0.25, 0.3) is 0 Å². The van der Waals surface area contributed by atoms with Gasteiger partial charge in [-0.05, 0) is 55.7 Å². The van der Waals surface area contributed by atoms with E-state index in [1.165, 1.54) is 11.8 Å². The highest BCUT2D eigenvalue weighted by atomic mass is 35.5. The van der Waals surface area contributed by atoms with Gasteiger partial charge in [-0.1, -0.05) is 28.6 Å². The van der Waals surface area contributed by atoms with Crippen LogP contribution in [0, 0.1) is 11.3 Å². The molecule has 0 spiro atoms. The third-order valence-electron chi connectivity index (χ3n) is 5.74. The molecule has 31 heavy (non-hydrogen) atoms. The first-order valence-corrected chi connectivity index (χ1v) is 11.3. The quantitative estimate of drug-likeness (QED) is 0.445. The van der Waals surface area contributed by atoms with Crippen molar-refractivity contribution in [2.45, 2.75) is 42.8 Å². The Morgan fingerprint density at radius 3 is 2.65 bits per heavy atom. The predicted octanol–water partition coefficient (Wildman–Crippen LogP) is 3.68. The smallest absolute Gasteiger partial charge is 0.271 e. The van der Waals surface area contributed by atoms with Crippen LogP contribution in [0.15, 0.2) is 35.7 Å².